The summed E-state index contributed by atoms with van der Waals surface area (Å²) in [4.78, 5) is 68.7. The van der Waals surface area contributed by atoms with Crippen LogP contribution in [0.25, 0.3) is 0 Å². The SMILES string of the molecule is C=CCNC(=O)C(=O)C(CC)NC(=O)[C@@H]1[C@@H]2[C@H](CN1C(=O)[C@@H](NC(=O)N[C@H](CN(C)S(=O)(=O)N(C)C)C1CCCCC1)C(C)(C)C)C2(C)C. The summed E-state index contributed by atoms with van der Waals surface area (Å²) in [6.07, 6.45) is 6.39. The van der Waals surface area contributed by atoms with Crippen molar-refractivity contribution in [2.24, 2.45) is 28.6 Å². The normalized spacial score (nSPS) is 24.0. The number of carbonyl (C=O) groups is 5. The predicted octanol–water partition coefficient (Wildman–Crippen LogP) is 1.64. The van der Waals surface area contributed by atoms with Crippen molar-refractivity contribution in [2.45, 2.75) is 104 Å². The van der Waals surface area contributed by atoms with Crippen LogP contribution in [0.4, 0.5) is 4.79 Å². The Hall–Kier alpha value is -3.04. The number of rotatable bonds is 15. The molecule has 5 amide bonds. The quantitative estimate of drug-likeness (QED) is 0.148. The van der Waals surface area contributed by atoms with Crippen LogP contribution in [0.3, 0.4) is 0 Å². The van der Waals surface area contributed by atoms with Crippen LogP contribution in [0.2, 0.25) is 0 Å². The van der Waals surface area contributed by atoms with Crippen molar-refractivity contribution in [1.82, 2.24) is 34.8 Å². The fraction of sp³-hybridized carbons (Fsp3) is 0.794. The smallest absolute Gasteiger partial charge is 0.315 e. The first kappa shape index (κ1) is 40.4. The maximum absolute atomic E-state index is 14.4. The highest BCUT2D eigenvalue weighted by Crippen LogP contribution is 2.65. The summed E-state index contributed by atoms with van der Waals surface area (Å²) in [5, 5.41) is 11.1. The number of likely N-dealkylation sites (N-methyl/N-ethyl adjacent to an activating group) is 1. The van der Waals surface area contributed by atoms with E-state index in [-0.39, 0.29) is 42.7 Å². The molecule has 6 atom stereocenters. The number of piperidine rings is 1. The molecule has 0 spiro atoms. The third-order valence-corrected chi connectivity index (χ3v) is 12.5. The lowest BCUT2D eigenvalue weighted by Crippen LogP contribution is -2.62. The number of likely N-dealkylation sites (tertiary alicyclic amines) is 1. The van der Waals surface area contributed by atoms with E-state index in [4.69, 9.17) is 0 Å². The molecule has 1 saturated heterocycles. The molecular weight excluding hydrogens is 650 g/mol. The summed E-state index contributed by atoms with van der Waals surface area (Å²) in [5.41, 5.74) is -0.964. The summed E-state index contributed by atoms with van der Waals surface area (Å²) in [7, 11) is 0.685. The van der Waals surface area contributed by atoms with Crippen LogP contribution in [-0.4, -0.2) is 116 Å². The number of nitrogens with one attached hydrogen (secondary N) is 4. The molecule has 14 nitrogen and oxygen atoms in total. The maximum Gasteiger partial charge on any atom is 0.315 e. The zero-order valence-electron chi connectivity index (χ0n) is 30.8. The van der Waals surface area contributed by atoms with E-state index in [2.05, 4.69) is 27.8 Å². The molecule has 15 heteroatoms. The molecule has 1 aliphatic heterocycles. The Bertz CT molecular complexity index is 1370. The number of fused-ring (bicyclic) bond motifs is 1. The van der Waals surface area contributed by atoms with Crippen LogP contribution in [0, 0.1) is 28.6 Å². The highest BCUT2D eigenvalue weighted by molar-refractivity contribution is 7.86. The lowest BCUT2D eigenvalue weighted by molar-refractivity contribution is -0.145. The van der Waals surface area contributed by atoms with Gasteiger partial charge < -0.3 is 26.2 Å². The number of ketones is 1. The summed E-state index contributed by atoms with van der Waals surface area (Å²) < 4.78 is 28.0. The minimum absolute atomic E-state index is 0.0539. The zero-order valence-corrected chi connectivity index (χ0v) is 31.6. The summed E-state index contributed by atoms with van der Waals surface area (Å²) in [5.74, 6) is -2.56. The van der Waals surface area contributed by atoms with E-state index in [1.165, 1.54) is 36.4 Å². The molecule has 3 rings (SSSR count). The van der Waals surface area contributed by atoms with Crippen molar-refractivity contribution in [2.75, 3.05) is 40.8 Å². The molecule has 0 bridgehead atoms. The highest BCUT2D eigenvalue weighted by Gasteiger charge is 2.70. The van der Waals surface area contributed by atoms with E-state index in [1.807, 2.05) is 34.6 Å². The van der Waals surface area contributed by atoms with Gasteiger partial charge in [0.05, 0.1) is 6.04 Å². The minimum Gasteiger partial charge on any atom is -0.346 e. The molecule has 3 fully saturated rings. The average molecular weight is 710 g/mol. The van der Waals surface area contributed by atoms with E-state index in [0.717, 1.165) is 36.4 Å². The van der Waals surface area contributed by atoms with Gasteiger partial charge in [0.2, 0.25) is 17.6 Å². The Morgan fingerprint density at radius 1 is 1.00 bits per heavy atom. The van der Waals surface area contributed by atoms with Crippen molar-refractivity contribution < 1.29 is 32.4 Å². The molecule has 3 aliphatic rings. The number of hydrogen-bond acceptors (Lipinski definition) is 7. The van der Waals surface area contributed by atoms with Crippen LogP contribution < -0.4 is 21.3 Å². The van der Waals surface area contributed by atoms with Gasteiger partial charge in [0, 0.05) is 46.8 Å². The Kier molecular flexibility index (Phi) is 13.1. The fourth-order valence-electron chi connectivity index (χ4n) is 7.49. The molecule has 4 N–H and O–H groups in total. The molecule has 0 aromatic rings. The van der Waals surface area contributed by atoms with Crippen LogP contribution >= 0.6 is 0 Å². The largest absolute Gasteiger partial charge is 0.346 e. The van der Waals surface area contributed by atoms with Gasteiger partial charge in [0.25, 0.3) is 16.1 Å². The van der Waals surface area contributed by atoms with Gasteiger partial charge in [-0.2, -0.15) is 17.0 Å². The minimum atomic E-state index is -3.72. The number of hydrogen-bond donors (Lipinski definition) is 4. The van der Waals surface area contributed by atoms with E-state index in [1.54, 1.807) is 6.92 Å². The number of urea groups is 1. The van der Waals surface area contributed by atoms with Gasteiger partial charge in [-0.1, -0.05) is 66.9 Å². The van der Waals surface area contributed by atoms with Crippen molar-refractivity contribution in [3.8, 4) is 0 Å². The average Bonchev–Trinajstić information content (AvgIpc) is 3.34. The third kappa shape index (κ3) is 9.20. The van der Waals surface area contributed by atoms with Crippen LogP contribution in [0.1, 0.15) is 80.1 Å². The molecule has 49 heavy (non-hydrogen) atoms. The first-order valence-corrected chi connectivity index (χ1v) is 18.8. The summed E-state index contributed by atoms with van der Waals surface area (Å²) >= 11 is 0. The van der Waals surface area contributed by atoms with Gasteiger partial charge in [-0.25, -0.2) is 4.79 Å². The lowest BCUT2D eigenvalue weighted by atomic mass is 9.83. The van der Waals surface area contributed by atoms with Gasteiger partial charge in [-0.05, 0) is 47.8 Å². The van der Waals surface area contributed by atoms with Crippen LogP contribution in [0.15, 0.2) is 12.7 Å². The van der Waals surface area contributed by atoms with Crippen LogP contribution in [0.5, 0.6) is 0 Å². The maximum atomic E-state index is 14.4. The first-order chi connectivity index (χ1) is 22.7. The number of nitrogens with zero attached hydrogens (tertiary/aromatic N) is 3. The second kappa shape index (κ2) is 15.9. The standard InChI is InChI=1S/C34H59N7O7S/c1-11-18-35-30(44)27(42)23(12-2)36-29(43)26-25-22(34(25,6)7)19-41(26)31(45)28(33(3,4)5)38-32(46)37-24(21-16-14-13-15-17-21)20-40(10)49(47,48)39(8)9/h11,21-26,28H,1,12-20H2,2-10H3,(H,35,44)(H,36,43)(H2,37,38,46)/t22-,23?,24+,25-,26-,28+/m0/s1. The molecule has 0 aromatic heterocycles. The van der Waals surface area contributed by atoms with E-state index in [9.17, 15) is 32.4 Å². The monoisotopic (exact) mass is 709 g/mol. The van der Waals surface area contributed by atoms with Crippen molar-refractivity contribution >= 4 is 39.7 Å². The molecular formula is C34H59N7O7S. The van der Waals surface area contributed by atoms with Gasteiger partial charge in [0.1, 0.15) is 12.1 Å². The molecule has 1 heterocycles. The Balaban J connectivity index is 1.82. The summed E-state index contributed by atoms with van der Waals surface area (Å²) in [6, 6.07) is -4.05. The molecule has 2 aliphatic carbocycles. The van der Waals surface area contributed by atoms with Gasteiger partial charge in [-0.3, -0.25) is 19.2 Å². The zero-order chi connectivity index (χ0) is 37.1. The molecule has 278 valence electrons. The van der Waals surface area contributed by atoms with Gasteiger partial charge in [0.15, 0.2) is 0 Å². The molecule has 2 saturated carbocycles. The van der Waals surface area contributed by atoms with Gasteiger partial charge >= 0.3 is 6.03 Å². The highest BCUT2D eigenvalue weighted by atomic mass is 32.2. The third-order valence-electron chi connectivity index (χ3n) is 10.7. The van der Waals surface area contributed by atoms with Crippen LogP contribution in [-0.2, 0) is 29.4 Å². The lowest BCUT2D eigenvalue weighted by Gasteiger charge is -2.39. The van der Waals surface area contributed by atoms with Gasteiger partial charge in [-0.15, -0.1) is 6.58 Å². The van der Waals surface area contributed by atoms with Crippen molar-refractivity contribution in [3.05, 3.63) is 12.7 Å². The van der Waals surface area contributed by atoms with E-state index in [0.29, 0.717) is 6.54 Å². The van der Waals surface area contributed by atoms with Crippen molar-refractivity contribution in [1.29, 1.82) is 0 Å². The van der Waals surface area contributed by atoms with E-state index >= 15 is 0 Å². The Morgan fingerprint density at radius 2 is 1.61 bits per heavy atom. The Morgan fingerprint density at radius 3 is 2.14 bits per heavy atom. The molecule has 0 aromatic carbocycles. The molecule has 1 unspecified atom stereocenters. The Labute approximate surface area is 292 Å². The fourth-order valence-corrected chi connectivity index (χ4v) is 8.39. The second-order valence-electron chi connectivity index (χ2n) is 15.7. The first-order valence-electron chi connectivity index (χ1n) is 17.4. The molecule has 0 radical (unpaired) electrons. The second-order valence-corrected chi connectivity index (χ2v) is 18.0. The van der Waals surface area contributed by atoms with Crippen molar-refractivity contribution in [3.63, 3.8) is 0 Å². The topological polar surface area (TPSA) is 177 Å². The van der Waals surface area contributed by atoms with E-state index < -0.39 is 69.3 Å². The summed E-state index contributed by atoms with van der Waals surface area (Å²) in [6.45, 7) is 15.3. The number of Topliss-reactive ketones (excluding diaryl/α,β-unsaturated/α-hetero) is 1. The number of amides is 5. The predicted molar refractivity (Wildman–Crippen MR) is 187 cm³/mol. The number of carbonyl (C=O) groups excluding carboxylic acids is 5.